The van der Waals surface area contributed by atoms with Gasteiger partial charge in [-0.05, 0) is 18.6 Å². The molecule has 0 bridgehead atoms. The van der Waals surface area contributed by atoms with Gasteiger partial charge in [0.1, 0.15) is 5.52 Å². The summed E-state index contributed by atoms with van der Waals surface area (Å²) in [4.78, 5) is 4.25. The summed E-state index contributed by atoms with van der Waals surface area (Å²) in [5.74, 6) is 0.503. The molecule has 0 aliphatic rings. The Morgan fingerprint density at radius 1 is 1.64 bits per heavy atom. The molecule has 0 radical (unpaired) electrons. The van der Waals surface area contributed by atoms with Crippen molar-refractivity contribution < 1.29 is 4.42 Å². The number of nitrogens with zero attached hydrogens (tertiary/aromatic N) is 1. The summed E-state index contributed by atoms with van der Waals surface area (Å²) in [6, 6.07) is 1.80. The van der Waals surface area contributed by atoms with Crippen molar-refractivity contribution in [2.45, 2.75) is 13.5 Å². The van der Waals surface area contributed by atoms with Crippen molar-refractivity contribution in [3.63, 3.8) is 0 Å². The summed E-state index contributed by atoms with van der Waals surface area (Å²) in [6.07, 6.45) is 0. The minimum Gasteiger partial charge on any atom is -0.438 e. The van der Waals surface area contributed by atoms with Crippen molar-refractivity contribution >= 4 is 38.6 Å². The molecule has 1 heterocycles. The maximum absolute atomic E-state index is 6.00. The highest BCUT2D eigenvalue weighted by atomic mass is 79.9. The first-order valence-electron chi connectivity index (χ1n) is 4.07. The quantitative estimate of drug-likeness (QED) is 0.870. The molecule has 14 heavy (non-hydrogen) atoms. The van der Waals surface area contributed by atoms with Gasteiger partial charge in [0, 0.05) is 4.47 Å². The number of aromatic nitrogens is 1. The highest BCUT2D eigenvalue weighted by Gasteiger charge is 2.12. The van der Waals surface area contributed by atoms with Gasteiger partial charge in [-0.1, -0.05) is 27.5 Å². The Balaban J connectivity index is 2.84. The molecule has 1 aromatic heterocycles. The molecule has 0 unspecified atom stereocenters. The third-order valence-corrected chi connectivity index (χ3v) is 3.13. The minimum absolute atomic E-state index is 0.280. The number of fused-ring (bicyclic) bond motifs is 1. The SMILES string of the molecule is Cc1c(Br)cc(Cl)c2oc(CN)nc12. The molecular formula is C9H8BrClN2O. The van der Waals surface area contributed by atoms with Gasteiger partial charge in [-0.3, -0.25) is 0 Å². The van der Waals surface area contributed by atoms with Crippen LogP contribution in [0.1, 0.15) is 11.5 Å². The number of aryl methyl sites for hydroxylation is 1. The van der Waals surface area contributed by atoms with Gasteiger partial charge in [0.15, 0.2) is 5.58 Å². The van der Waals surface area contributed by atoms with Crippen molar-refractivity contribution in [1.29, 1.82) is 0 Å². The molecule has 2 aromatic rings. The summed E-state index contributed by atoms with van der Waals surface area (Å²) in [6.45, 7) is 2.23. The zero-order chi connectivity index (χ0) is 10.3. The summed E-state index contributed by atoms with van der Waals surface area (Å²) < 4.78 is 6.32. The summed E-state index contributed by atoms with van der Waals surface area (Å²) >= 11 is 9.40. The highest BCUT2D eigenvalue weighted by molar-refractivity contribution is 9.10. The van der Waals surface area contributed by atoms with E-state index in [4.69, 9.17) is 21.8 Å². The van der Waals surface area contributed by atoms with E-state index in [2.05, 4.69) is 20.9 Å². The molecule has 0 atom stereocenters. The molecule has 0 saturated heterocycles. The number of hydrogen-bond donors (Lipinski definition) is 1. The van der Waals surface area contributed by atoms with Crippen molar-refractivity contribution in [3.8, 4) is 0 Å². The molecule has 0 spiro atoms. The maximum atomic E-state index is 6.00. The first-order chi connectivity index (χ1) is 6.63. The van der Waals surface area contributed by atoms with E-state index in [0.717, 1.165) is 15.6 Å². The second-order valence-electron chi connectivity index (χ2n) is 2.95. The molecule has 1 aromatic carbocycles. The van der Waals surface area contributed by atoms with Gasteiger partial charge in [-0.15, -0.1) is 0 Å². The van der Waals surface area contributed by atoms with Gasteiger partial charge in [-0.25, -0.2) is 4.98 Å². The lowest BCUT2D eigenvalue weighted by atomic mass is 10.2. The van der Waals surface area contributed by atoms with Crippen molar-refractivity contribution in [2.24, 2.45) is 5.73 Å². The lowest BCUT2D eigenvalue weighted by Gasteiger charge is -1.98. The molecule has 2 rings (SSSR count). The molecule has 3 nitrogen and oxygen atoms in total. The fourth-order valence-electron chi connectivity index (χ4n) is 1.27. The Kier molecular flexibility index (Phi) is 2.51. The van der Waals surface area contributed by atoms with Crippen molar-refractivity contribution in [2.75, 3.05) is 0 Å². The summed E-state index contributed by atoms with van der Waals surface area (Å²) in [5, 5.41) is 0.546. The molecule has 74 valence electrons. The van der Waals surface area contributed by atoms with Crippen LogP contribution in [0.3, 0.4) is 0 Å². The largest absolute Gasteiger partial charge is 0.438 e. The van der Waals surface area contributed by atoms with Crippen LogP contribution in [-0.4, -0.2) is 4.98 Å². The smallest absolute Gasteiger partial charge is 0.209 e. The van der Waals surface area contributed by atoms with Gasteiger partial charge >= 0.3 is 0 Å². The van der Waals surface area contributed by atoms with Crippen LogP contribution >= 0.6 is 27.5 Å². The Bertz CT molecular complexity index is 495. The van der Waals surface area contributed by atoms with Crippen LogP contribution < -0.4 is 5.73 Å². The molecule has 5 heteroatoms. The van der Waals surface area contributed by atoms with Crippen LogP contribution in [-0.2, 0) is 6.54 Å². The number of nitrogens with two attached hydrogens (primary N) is 1. The lowest BCUT2D eigenvalue weighted by molar-refractivity contribution is 0.533. The van der Waals surface area contributed by atoms with E-state index in [9.17, 15) is 0 Å². The van der Waals surface area contributed by atoms with Crippen LogP contribution in [0.4, 0.5) is 0 Å². The number of hydrogen-bond acceptors (Lipinski definition) is 3. The molecule has 0 saturated carbocycles. The number of benzene rings is 1. The van der Waals surface area contributed by atoms with Gasteiger partial charge in [0.05, 0.1) is 11.6 Å². The van der Waals surface area contributed by atoms with E-state index in [1.807, 2.05) is 6.92 Å². The number of oxazole rings is 1. The van der Waals surface area contributed by atoms with Gasteiger partial charge in [-0.2, -0.15) is 0 Å². The fourth-order valence-corrected chi connectivity index (χ4v) is 2.05. The van der Waals surface area contributed by atoms with E-state index in [0.29, 0.717) is 16.5 Å². The van der Waals surface area contributed by atoms with E-state index >= 15 is 0 Å². The average molecular weight is 276 g/mol. The van der Waals surface area contributed by atoms with E-state index in [1.54, 1.807) is 6.07 Å². The standard InChI is InChI=1S/C9H8BrClN2O/c1-4-5(10)2-6(11)9-8(4)13-7(3-12)14-9/h2H,3,12H2,1H3. The Morgan fingerprint density at radius 2 is 2.36 bits per heavy atom. The highest BCUT2D eigenvalue weighted by Crippen LogP contribution is 2.32. The van der Waals surface area contributed by atoms with Gasteiger partial charge in [0.2, 0.25) is 5.89 Å². The van der Waals surface area contributed by atoms with E-state index in [-0.39, 0.29) is 6.54 Å². The third kappa shape index (κ3) is 1.43. The topological polar surface area (TPSA) is 52.0 Å². The van der Waals surface area contributed by atoms with Gasteiger partial charge in [0.25, 0.3) is 0 Å². The third-order valence-electron chi connectivity index (χ3n) is 2.03. The van der Waals surface area contributed by atoms with Gasteiger partial charge < -0.3 is 10.2 Å². The molecule has 2 N–H and O–H groups in total. The number of rotatable bonds is 1. The monoisotopic (exact) mass is 274 g/mol. The Labute approximate surface area is 94.4 Å². The lowest BCUT2D eigenvalue weighted by Crippen LogP contribution is -1.95. The van der Waals surface area contributed by atoms with Crippen molar-refractivity contribution in [3.05, 3.63) is 27.0 Å². The minimum atomic E-state index is 0.280. The predicted molar refractivity (Wildman–Crippen MR) is 59.3 cm³/mol. The van der Waals surface area contributed by atoms with Crippen LogP contribution in [0, 0.1) is 6.92 Å². The summed E-state index contributed by atoms with van der Waals surface area (Å²) in [7, 11) is 0. The summed E-state index contributed by atoms with van der Waals surface area (Å²) in [5.41, 5.74) is 7.82. The normalized spacial score (nSPS) is 11.1. The van der Waals surface area contributed by atoms with Crippen LogP contribution in [0.25, 0.3) is 11.1 Å². The predicted octanol–water partition coefficient (Wildman–Crippen LogP) is 3.01. The Hall–Kier alpha value is -0.580. The first kappa shape index (κ1) is 9.96. The average Bonchev–Trinajstić information content (AvgIpc) is 2.58. The zero-order valence-corrected chi connectivity index (χ0v) is 9.82. The van der Waals surface area contributed by atoms with Crippen LogP contribution in [0.5, 0.6) is 0 Å². The molecule has 0 fully saturated rings. The van der Waals surface area contributed by atoms with Crippen LogP contribution in [0.2, 0.25) is 5.02 Å². The second-order valence-corrected chi connectivity index (χ2v) is 4.22. The fraction of sp³-hybridized carbons (Fsp3) is 0.222. The second kappa shape index (κ2) is 3.53. The molecule has 0 amide bonds. The maximum Gasteiger partial charge on any atom is 0.209 e. The molecular weight excluding hydrogens is 267 g/mol. The number of halogens is 2. The van der Waals surface area contributed by atoms with E-state index < -0.39 is 0 Å². The molecule has 0 aliphatic heterocycles. The first-order valence-corrected chi connectivity index (χ1v) is 5.24. The van der Waals surface area contributed by atoms with Crippen molar-refractivity contribution in [1.82, 2.24) is 4.98 Å². The zero-order valence-electron chi connectivity index (χ0n) is 7.47. The molecule has 0 aliphatic carbocycles. The van der Waals surface area contributed by atoms with E-state index in [1.165, 1.54) is 0 Å². The van der Waals surface area contributed by atoms with Crippen LogP contribution in [0.15, 0.2) is 15.0 Å². The Morgan fingerprint density at radius 3 is 3.00 bits per heavy atom.